The van der Waals surface area contributed by atoms with Gasteiger partial charge in [0.25, 0.3) is 5.91 Å². The number of hydrogen-bond donors (Lipinski definition) is 1. The Hall–Kier alpha value is -3.19. The fraction of sp³-hybridized carbons (Fsp3) is 0.190. The largest absolute Gasteiger partial charge is 0.471 e. The van der Waals surface area contributed by atoms with Crippen molar-refractivity contribution in [2.75, 3.05) is 5.32 Å². The molecule has 0 saturated heterocycles. The van der Waals surface area contributed by atoms with Gasteiger partial charge in [-0.1, -0.05) is 35.1 Å². The number of fused-ring (bicyclic) bond motifs is 1. The highest BCUT2D eigenvalue weighted by atomic mass is 32.1. The highest BCUT2D eigenvalue weighted by Crippen LogP contribution is 2.27. The predicted molar refractivity (Wildman–Crippen MR) is 111 cm³/mol. The molecular weight excluding hydrogens is 372 g/mol. The summed E-state index contributed by atoms with van der Waals surface area (Å²) in [5.41, 5.74) is 4.61. The minimum Gasteiger partial charge on any atom is -0.471 e. The van der Waals surface area contributed by atoms with E-state index in [1.165, 1.54) is 16.9 Å². The molecule has 6 nitrogen and oxygen atoms in total. The summed E-state index contributed by atoms with van der Waals surface area (Å²) in [5, 5.41) is 7.68. The van der Waals surface area contributed by atoms with Gasteiger partial charge in [0.1, 0.15) is 5.75 Å². The number of anilines is 1. The number of amides is 1. The van der Waals surface area contributed by atoms with E-state index < -0.39 is 0 Å². The maximum absolute atomic E-state index is 12.5. The molecular formula is C21H20N4O2S. The molecule has 1 amide bonds. The Morgan fingerprint density at radius 1 is 1.11 bits per heavy atom. The van der Waals surface area contributed by atoms with E-state index in [0.29, 0.717) is 10.8 Å². The molecule has 0 aliphatic carbocycles. The summed E-state index contributed by atoms with van der Waals surface area (Å²) in [6.45, 7) is 6.31. The molecule has 28 heavy (non-hydrogen) atoms. The van der Waals surface area contributed by atoms with Crippen LogP contribution in [0, 0.1) is 20.8 Å². The van der Waals surface area contributed by atoms with Crippen molar-refractivity contribution < 1.29 is 9.53 Å². The maximum Gasteiger partial charge on any atom is 0.277 e. The van der Waals surface area contributed by atoms with Crippen molar-refractivity contribution in [3.63, 3.8) is 0 Å². The fourth-order valence-corrected chi connectivity index (χ4v) is 3.86. The van der Waals surface area contributed by atoms with Gasteiger partial charge in [0.2, 0.25) is 0 Å². The van der Waals surface area contributed by atoms with E-state index in [1.54, 1.807) is 16.9 Å². The SMILES string of the molecule is Cc1ccc(OCn2ccc(C(=O)Nc3nc4ccc(C)cc4s3)n2)c(C)c1. The Kier molecular flexibility index (Phi) is 4.83. The van der Waals surface area contributed by atoms with E-state index in [4.69, 9.17) is 4.74 Å². The average Bonchev–Trinajstić information content (AvgIpc) is 3.27. The molecule has 0 atom stereocenters. The quantitative estimate of drug-likeness (QED) is 0.534. The summed E-state index contributed by atoms with van der Waals surface area (Å²) in [5.74, 6) is 0.512. The van der Waals surface area contributed by atoms with Crippen molar-refractivity contribution in [2.45, 2.75) is 27.5 Å². The van der Waals surface area contributed by atoms with Crippen LogP contribution in [0.1, 0.15) is 27.2 Å². The van der Waals surface area contributed by atoms with Gasteiger partial charge in [0, 0.05) is 6.20 Å². The molecule has 2 heterocycles. The average molecular weight is 392 g/mol. The third-order valence-corrected chi connectivity index (χ3v) is 5.25. The number of carbonyl (C=O) groups is 1. The first-order valence-corrected chi connectivity index (χ1v) is 9.71. The second-order valence-electron chi connectivity index (χ2n) is 6.73. The molecule has 0 spiro atoms. The van der Waals surface area contributed by atoms with Crippen LogP contribution in [0.25, 0.3) is 10.2 Å². The van der Waals surface area contributed by atoms with Crippen LogP contribution < -0.4 is 10.1 Å². The fourth-order valence-electron chi connectivity index (χ4n) is 2.90. The molecule has 142 valence electrons. The van der Waals surface area contributed by atoms with Gasteiger partial charge in [-0.25, -0.2) is 9.67 Å². The zero-order chi connectivity index (χ0) is 19.7. The van der Waals surface area contributed by atoms with Gasteiger partial charge in [-0.05, 0) is 56.2 Å². The van der Waals surface area contributed by atoms with Gasteiger partial charge in [0.05, 0.1) is 10.2 Å². The molecule has 0 saturated carbocycles. The van der Waals surface area contributed by atoms with Crippen molar-refractivity contribution in [1.82, 2.24) is 14.8 Å². The van der Waals surface area contributed by atoms with Crippen molar-refractivity contribution in [1.29, 1.82) is 0 Å². The number of ether oxygens (including phenoxy) is 1. The molecule has 0 aliphatic rings. The van der Waals surface area contributed by atoms with E-state index in [9.17, 15) is 4.79 Å². The number of aryl methyl sites for hydroxylation is 3. The van der Waals surface area contributed by atoms with Gasteiger partial charge in [-0.2, -0.15) is 5.10 Å². The van der Waals surface area contributed by atoms with E-state index in [0.717, 1.165) is 27.1 Å². The second-order valence-corrected chi connectivity index (χ2v) is 7.76. The molecule has 7 heteroatoms. The van der Waals surface area contributed by atoms with E-state index in [2.05, 4.69) is 27.5 Å². The first kappa shape index (κ1) is 18.2. The van der Waals surface area contributed by atoms with Crippen LogP contribution in [-0.2, 0) is 6.73 Å². The third kappa shape index (κ3) is 3.89. The normalized spacial score (nSPS) is 11.0. The molecule has 0 radical (unpaired) electrons. The Morgan fingerprint density at radius 2 is 1.89 bits per heavy atom. The Labute approximate surface area is 166 Å². The van der Waals surface area contributed by atoms with Crippen LogP contribution in [-0.4, -0.2) is 20.7 Å². The van der Waals surface area contributed by atoms with Crippen LogP contribution in [0.5, 0.6) is 5.75 Å². The number of thiazole rings is 1. The van der Waals surface area contributed by atoms with Crippen molar-refractivity contribution in [3.8, 4) is 5.75 Å². The highest BCUT2D eigenvalue weighted by molar-refractivity contribution is 7.22. The number of benzene rings is 2. The Bertz CT molecular complexity index is 1160. The summed E-state index contributed by atoms with van der Waals surface area (Å²) >= 11 is 1.45. The van der Waals surface area contributed by atoms with Gasteiger partial charge < -0.3 is 4.74 Å². The van der Waals surface area contributed by atoms with Crippen molar-refractivity contribution >= 4 is 32.6 Å². The molecule has 2 aromatic carbocycles. The second kappa shape index (κ2) is 7.44. The monoisotopic (exact) mass is 392 g/mol. The van der Waals surface area contributed by atoms with E-state index in [-0.39, 0.29) is 12.6 Å². The minimum absolute atomic E-state index is 0.234. The molecule has 0 unspecified atom stereocenters. The number of aromatic nitrogens is 3. The third-order valence-electron chi connectivity index (χ3n) is 4.32. The van der Waals surface area contributed by atoms with Crippen LogP contribution in [0.15, 0.2) is 48.7 Å². The summed E-state index contributed by atoms with van der Waals surface area (Å²) in [7, 11) is 0. The molecule has 0 bridgehead atoms. The lowest BCUT2D eigenvalue weighted by Gasteiger charge is -2.09. The molecule has 0 fully saturated rings. The molecule has 4 rings (SSSR count). The predicted octanol–water partition coefficient (Wildman–Crippen LogP) is 4.71. The number of hydrogen-bond acceptors (Lipinski definition) is 5. The standard InChI is InChI=1S/C21H20N4O2S/c1-13-5-7-18(15(3)10-13)27-12-25-9-8-17(24-25)20(26)23-21-22-16-6-4-14(2)11-19(16)28-21/h4-11H,12H2,1-3H3,(H,22,23,26). The zero-order valence-electron chi connectivity index (χ0n) is 15.9. The van der Waals surface area contributed by atoms with Crippen LogP contribution in [0.4, 0.5) is 5.13 Å². The van der Waals surface area contributed by atoms with Crippen LogP contribution >= 0.6 is 11.3 Å². The number of nitrogens with one attached hydrogen (secondary N) is 1. The molecule has 2 aromatic heterocycles. The van der Waals surface area contributed by atoms with Gasteiger partial charge in [0.15, 0.2) is 17.6 Å². The zero-order valence-corrected chi connectivity index (χ0v) is 16.7. The maximum atomic E-state index is 12.5. The summed E-state index contributed by atoms with van der Waals surface area (Å²) in [4.78, 5) is 16.9. The summed E-state index contributed by atoms with van der Waals surface area (Å²) in [6, 6.07) is 13.7. The summed E-state index contributed by atoms with van der Waals surface area (Å²) < 4.78 is 8.44. The molecule has 0 aliphatic heterocycles. The van der Waals surface area contributed by atoms with Crippen molar-refractivity contribution in [3.05, 3.63) is 71.0 Å². The van der Waals surface area contributed by atoms with Crippen LogP contribution in [0.3, 0.4) is 0 Å². The highest BCUT2D eigenvalue weighted by Gasteiger charge is 2.13. The smallest absolute Gasteiger partial charge is 0.277 e. The lowest BCUT2D eigenvalue weighted by Crippen LogP contribution is -2.14. The van der Waals surface area contributed by atoms with Crippen molar-refractivity contribution in [2.24, 2.45) is 0 Å². The topological polar surface area (TPSA) is 69.0 Å². The number of carbonyl (C=O) groups excluding carboxylic acids is 1. The first-order chi connectivity index (χ1) is 13.5. The minimum atomic E-state index is -0.291. The van der Waals surface area contributed by atoms with Gasteiger partial charge in [-0.15, -0.1) is 0 Å². The van der Waals surface area contributed by atoms with E-state index >= 15 is 0 Å². The Balaban J connectivity index is 1.42. The summed E-state index contributed by atoms with van der Waals surface area (Å²) in [6.07, 6.45) is 1.72. The first-order valence-electron chi connectivity index (χ1n) is 8.90. The lowest BCUT2D eigenvalue weighted by molar-refractivity contribution is 0.102. The lowest BCUT2D eigenvalue weighted by atomic mass is 10.1. The molecule has 4 aromatic rings. The van der Waals surface area contributed by atoms with Gasteiger partial charge >= 0.3 is 0 Å². The number of rotatable bonds is 5. The molecule has 1 N–H and O–H groups in total. The van der Waals surface area contributed by atoms with E-state index in [1.807, 2.05) is 45.0 Å². The Morgan fingerprint density at radius 3 is 2.71 bits per heavy atom. The van der Waals surface area contributed by atoms with Crippen LogP contribution in [0.2, 0.25) is 0 Å². The number of nitrogens with zero attached hydrogens (tertiary/aromatic N) is 3. The van der Waals surface area contributed by atoms with Gasteiger partial charge in [-0.3, -0.25) is 10.1 Å².